The van der Waals surface area contributed by atoms with Gasteiger partial charge in [-0.1, -0.05) is 0 Å². The lowest BCUT2D eigenvalue weighted by atomic mass is 10.4. The van der Waals surface area contributed by atoms with Crippen molar-refractivity contribution in [3.63, 3.8) is 0 Å². The van der Waals surface area contributed by atoms with Crippen molar-refractivity contribution >= 4 is 5.91 Å². The van der Waals surface area contributed by atoms with E-state index in [1.54, 1.807) is 6.92 Å². The lowest BCUT2D eigenvalue weighted by Crippen LogP contribution is -2.26. The van der Waals surface area contributed by atoms with Gasteiger partial charge in [0.15, 0.2) is 0 Å². The first-order valence-electron chi connectivity index (χ1n) is 3.51. The fraction of sp³-hybridized carbons (Fsp3) is 0.500. The zero-order valence-electron chi connectivity index (χ0n) is 7.15. The minimum absolute atomic E-state index is 0.0730. The lowest BCUT2D eigenvalue weighted by molar-refractivity contribution is -0.757. The molecule has 0 aliphatic heterocycles. The molecule has 0 radical (unpaired) electrons. The molecule has 0 atom stereocenters. The molecule has 0 aliphatic carbocycles. The SMILES string of the molecule is C/C(N)=C/C(=O)NCCO[N+](=O)[O-]. The number of nitrogens with zero attached hydrogens (tertiary/aromatic N) is 1. The van der Waals surface area contributed by atoms with Crippen molar-refractivity contribution in [2.45, 2.75) is 6.92 Å². The number of allylic oxidation sites excluding steroid dienone is 1. The summed E-state index contributed by atoms with van der Waals surface area (Å²) in [6.45, 7) is 1.47. The summed E-state index contributed by atoms with van der Waals surface area (Å²) in [6.07, 6.45) is 1.19. The number of hydrogen-bond acceptors (Lipinski definition) is 5. The summed E-state index contributed by atoms with van der Waals surface area (Å²) in [5.74, 6) is -0.396. The van der Waals surface area contributed by atoms with Crippen molar-refractivity contribution in [2.24, 2.45) is 5.73 Å². The summed E-state index contributed by atoms with van der Waals surface area (Å²) >= 11 is 0. The van der Waals surface area contributed by atoms with E-state index in [4.69, 9.17) is 5.73 Å². The van der Waals surface area contributed by atoms with Gasteiger partial charge in [0.05, 0.1) is 0 Å². The summed E-state index contributed by atoms with van der Waals surface area (Å²) in [5.41, 5.74) is 5.57. The van der Waals surface area contributed by atoms with Crippen LogP contribution in [0.25, 0.3) is 0 Å². The standard InChI is InChI=1S/C6H11N3O4/c1-5(7)4-6(10)8-2-3-13-9(11)12/h4H,2-3,7H2,1H3,(H,8,10)/b5-4-. The van der Waals surface area contributed by atoms with E-state index in [0.29, 0.717) is 5.70 Å². The summed E-state index contributed by atoms with van der Waals surface area (Å²) in [6, 6.07) is 0. The molecule has 0 aromatic carbocycles. The number of amides is 1. The number of rotatable bonds is 5. The molecule has 7 nitrogen and oxygen atoms in total. The van der Waals surface area contributed by atoms with E-state index < -0.39 is 11.0 Å². The Bertz CT molecular complexity index is 222. The van der Waals surface area contributed by atoms with Crippen LogP contribution < -0.4 is 11.1 Å². The van der Waals surface area contributed by atoms with Crippen molar-refractivity contribution in [3.8, 4) is 0 Å². The minimum atomic E-state index is -0.920. The molecule has 0 fully saturated rings. The predicted octanol–water partition coefficient (Wildman–Crippen LogP) is -0.827. The third-order valence-electron chi connectivity index (χ3n) is 0.957. The molecule has 0 saturated carbocycles. The average Bonchev–Trinajstić information content (AvgIpc) is 1.96. The molecule has 0 aromatic heterocycles. The molecule has 0 rings (SSSR count). The number of hydrogen-bond donors (Lipinski definition) is 2. The Labute approximate surface area is 74.6 Å². The molecule has 0 bridgehead atoms. The number of carbonyl (C=O) groups is 1. The zero-order chi connectivity index (χ0) is 10.3. The van der Waals surface area contributed by atoms with Crippen LogP contribution >= 0.6 is 0 Å². The lowest BCUT2D eigenvalue weighted by Gasteiger charge is -2.00. The van der Waals surface area contributed by atoms with Gasteiger partial charge in [-0.15, -0.1) is 10.1 Å². The highest BCUT2D eigenvalue weighted by Crippen LogP contribution is 1.79. The van der Waals surface area contributed by atoms with E-state index in [0.717, 1.165) is 0 Å². The molecular weight excluding hydrogens is 178 g/mol. The zero-order valence-corrected chi connectivity index (χ0v) is 7.15. The second-order valence-electron chi connectivity index (χ2n) is 2.24. The Morgan fingerprint density at radius 2 is 2.38 bits per heavy atom. The first kappa shape index (κ1) is 11.2. The van der Waals surface area contributed by atoms with Gasteiger partial charge in [-0.25, -0.2) is 0 Å². The predicted molar refractivity (Wildman–Crippen MR) is 43.9 cm³/mol. The van der Waals surface area contributed by atoms with E-state index >= 15 is 0 Å². The van der Waals surface area contributed by atoms with Crippen LogP contribution in [0.15, 0.2) is 11.8 Å². The van der Waals surface area contributed by atoms with Gasteiger partial charge in [-0.3, -0.25) is 4.79 Å². The van der Waals surface area contributed by atoms with E-state index in [-0.39, 0.29) is 13.2 Å². The van der Waals surface area contributed by atoms with Crippen molar-refractivity contribution in [3.05, 3.63) is 21.9 Å². The molecular formula is C6H11N3O4. The van der Waals surface area contributed by atoms with E-state index in [1.807, 2.05) is 0 Å². The Hall–Kier alpha value is -1.79. The van der Waals surface area contributed by atoms with Crippen LogP contribution in [0.2, 0.25) is 0 Å². The van der Waals surface area contributed by atoms with Gasteiger partial charge >= 0.3 is 0 Å². The summed E-state index contributed by atoms with van der Waals surface area (Å²) < 4.78 is 0. The monoisotopic (exact) mass is 189 g/mol. The topological polar surface area (TPSA) is 107 Å². The maximum absolute atomic E-state index is 10.8. The van der Waals surface area contributed by atoms with Gasteiger partial charge in [-0.05, 0) is 6.92 Å². The normalized spacial score (nSPS) is 10.7. The molecule has 3 N–H and O–H groups in total. The smallest absolute Gasteiger partial charge is 0.294 e. The highest BCUT2D eigenvalue weighted by Gasteiger charge is 1.97. The molecule has 0 aromatic rings. The number of nitrogens with one attached hydrogen (secondary N) is 1. The minimum Gasteiger partial charge on any atom is -0.402 e. The molecule has 0 spiro atoms. The van der Waals surface area contributed by atoms with Crippen molar-refractivity contribution < 1.29 is 14.7 Å². The van der Waals surface area contributed by atoms with Crippen molar-refractivity contribution in [2.75, 3.05) is 13.2 Å². The fourth-order valence-corrected chi connectivity index (χ4v) is 0.552. The van der Waals surface area contributed by atoms with Gasteiger partial charge in [0.2, 0.25) is 5.91 Å². The van der Waals surface area contributed by atoms with Crippen LogP contribution in [-0.4, -0.2) is 24.1 Å². The first-order valence-corrected chi connectivity index (χ1v) is 3.51. The molecule has 0 heterocycles. The fourth-order valence-electron chi connectivity index (χ4n) is 0.552. The van der Waals surface area contributed by atoms with Crippen LogP contribution in [0, 0.1) is 10.1 Å². The Morgan fingerprint density at radius 1 is 1.77 bits per heavy atom. The van der Waals surface area contributed by atoms with Crippen LogP contribution in [0.4, 0.5) is 0 Å². The highest BCUT2D eigenvalue weighted by atomic mass is 16.9. The second kappa shape index (κ2) is 5.81. The molecule has 7 heteroatoms. The maximum atomic E-state index is 10.8. The summed E-state index contributed by atoms with van der Waals surface area (Å²) in [5, 5.41) is 11.1. The summed E-state index contributed by atoms with van der Waals surface area (Å²) in [4.78, 5) is 24.4. The first-order chi connectivity index (χ1) is 6.02. The molecule has 13 heavy (non-hydrogen) atoms. The molecule has 0 unspecified atom stereocenters. The van der Waals surface area contributed by atoms with E-state index in [1.165, 1.54) is 6.08 Å². The van der Waals surface area contributed by atoms with E-state index in [2.05, 4.69) is 10.2 Å². The third kappa shape index (κ3) is 8.11. The van der Waals surface area contributed by atoms with Crippen molar-refractivity contribution in [1.29, 1.82) is 0 Å². The van der Waals surface area contributed by atoms with Gasteiger partial charge in [-0.2, -0.15) is 0 Å². The quantitative estimate of drug-likeness (QED) is 0.254. The number of carbonyl (C=O) groups excluding carboxylic acids is 1. The van der Waals surface area contributed by atoms with Gasteiger partial charge < -0.3 is 15.9 Å². The van der Waals surface area contributed by atoms with E-state index in [9.17, 15) is 14.9 Å². The van der Waals surface area contributed by atoms with Gasteiger partial charge in [0.25, 0.3) is 5.09 Å². The Kier molecular flexibility index (Phi) is 5.01. The average molecular weight is 189 g/mol. The Morgan fingerprint density at radius 3 is 2.85 bits per heavy atom. The van der Waals surface area contributed by atoms with Crippen molar-refractivity contribution in [1.82, 2.24) is 5.32 Å². The number of nitrogens with two attached hydrogens (primary N) is 1. The van der Waals surface area contributed by atoms with Gasteiger partial charge in [0, 0.05) is 18.3 Å². The van der Waals surface area contributed by atoms with Crippen LogP contribution in [-0.2, 0) is 9.63 Å². The molecule has 1 amide bonds. The largest absolute Gasteiger partial charge is 0.402 e. The van der Waals surface area contributed by atoms with Gasteiger partial charge in [0.1, 0.15) is 6.61 Å². The second-order valence-corrected chi connectivity index (χ2v) is 2.24. The molecule has 0 saturated heterocycles. The maximum Gasteiger partial charge on any atom is 0.294 e. The molecule has 0 aliphatic rings. The van der Waals surface area contributed by atoms with Crippen LogP contribution in [0.3, 0.4) is 0 Å². The molecule has 74 valence electrons. The van der Waals surface area contributed by atoms with Crippen LogP contribution in [0.1, 0.15) is 6.92 Å². The summed E-state index contributed by atoms with van der Waals surface area (Å²) in [7, 11) is 0. The van der Waals surface area contributed by atoms with Crippen LogP contribution in [0.5, 0.6) is 0 Å². The highest BCUT2D eigenvalue weighted by molar-refractivity contribution is 5.87. The Balaban J connectivity index is 3.49. The third-order valence-corrected chi connectivity index (χ3v) is 0.957.